The van der Waals surface area contributed by atoms with Crippen molar-refractivity contribution in [3.63, 3.8) is 0 Å². The summed E-state index contributed by atoms with van der Waals surface area (Å²) >= 11 is 0. The van der Waals surface area contributed by atoms with Gasteiger partial charge >= 0.3 is 0 Å². The minimum absolute atomic E-state index is 0.180. The molecule has 2 atom stereocenters. The first-order chi connectivity index (χ1) is 9.03. The molecule has 1 aromatic heterocycles. The summed E-state index contributed by atoms with van der Waals surface area (Å²) in [4.78, 5) is 0. The molecule has 0 bridgehead atoms. The second-order valence-corrected chi connectivity index (χ2v) is 7.99. The predicted molar refractivity (Wildman–Crippen MR) is 71.4 cm³/mol. The van der Waals surface area contributed by atoms with Crippen molar-refractivity contribution in [2.75, 3.05) is 11.5 Å². The van der Waals surface area contributed by atoms with Gasteiger partial charge in [-0.2, -0.15) is 0 Å². The van der Waals surface area contributed by atoms with Gasteiger partial charge in [0, 0.05) is 25.4 Å². The number of rotatable bonds is 2. The lowest BCUT2D eigenvalue weighted by atomic mass is 10.0. The fraction of sp³-hybridized carbons (Fsp3) is 0.833. The Morgan fingerprint density at radius 3 is 2.95 bits per heavy atom. The van der Waals surface area contributed by atoms with E-state index in [-0.39, 0.29) is 12.0 Å². The first kappa shape index (κ1) is 13.1. The molecule has 0 aromatic carbocycles. The van der Waals surface area contributed by atoms with Gasteiger partial charge < -0.3 is 10.3 Å². The molecule has 2 aliphatic heterocycles. The first-order valence-corrected chi connectivity index (χ1v) is 8.72. The molecule has 3 rings (SSSR count). The summed E-state index contributed by atoms with van der Waals surface area (Å²) in [5.41, 5.74) is 5.92. The van der Waals surface area contributed by atoms with Gasteiger partial charge in [0.15, 0.2) is 9.84 Å². The maximum Gasteiger partial charge on any atom is 0.150 e. The molecule has 6 nitrogen and oxygen atoms in total. The van der Waals surface area contributed by atoms with Crippen LogP contribution in [0.25, 0.3) is 0 Å². The van der Waals surface area contributed by atoms with E-state index in [0.717, 1.165) is 50.3 Å². The lowest BCUT2D eigenvalue weighted by molar-refractivity contribution is 0.430. The molecule has 0 saturated carbocycles. The summed E-state index contributed by atoms with van der Waals surface area (Å²) in [6.45, 7) is 0.859. The highest BCUT2D eigenvalue weighted by Crippen LogP contribution is 2.23. The third-order valence-electron chi connectivity index (χ3n) is 4.10. The average molecular weight is 284 g/mol. The Labute approximate surface area is 113 Å². The topological polar surface area (TPSA) is 90.9 Å². The standard InChI is InChI=1S/C12H20N4O2S/c13-10-3-4-16-11(14-15-12(16)7-10)6-9-2-1-5-19(17,18)8-9/h9-10H,1-8,13H2. The quantitative estimate of drug-likeness (QED) is 0.820. The summed E-state index contributed by atoms with van der Waals surface area (Å²) < 4.78 is 25.5. The molecular weight excluding hydrogens is 264 g/mol. The van der Waals surface area contributed by atoms with Gasteiger partial charge in [-0.15, -0.1) is 10.2 Å². The van der Waals surface area contributed by atoms with E-state index in [0.29, 0.717) is 11.5 Å². The molecule has 0 aliphatic carbocycles. The van der Waals surface area contributed by atoms with E-state index < -0.39 is 9.84 Å². The lowest BCUT2D eigenvalue weighted by Crippen LogP contribution is -2.32. The van der Waals surface area contributed by atoms with E-state index >= 15 is 0 Å². The van der Waals surface area contributed by atoms with Crippen LogP contribution in [-0.2, 0) is 29.2 Å². The fourth-order valence-electron chi connectivity index (χ4n) is 3.10. The van der Waals surface area contributed by atoms with E-state index in [9.17, 15) is 8.42 Å². The Hall–Kier alpha value is -0.950. The van der Waals surface area contributed by atoms with E-state index in [1.54, 1.807) is 0 Å². The number of nitrogens with two attached hydrogens (primary N) is 1. The lowest BCUT2D eigenvalue weighted by Gasteiger charge is -2.23. The molecule has 2 N–H and O–H groups in total. The maximum absolute atomic E-state index is 11.7. The van der Waals surface area contributed by atoms with Crippen molar-refractivity contribution in [2.24, 2.45) is 11.7 Å². The Morgan fingerprint density at radius 2 is 2.16 bits per heavy atom. The minimum atomic E-state index is -2.84. The van der Waals surface area contributed by atoms with Gasteiger partial charge in [0.2, 0.25) is 0 Å². The van der Waals surface area contributed by atoms with Gasteiger partial charge in [-0.3, -0.25) is 0 Å². The van der Waals surface area contributed by atoms with Crippen molar-refractivity contribution in [3.8, 4) is 0 Å². The maximum atomic E-state index is 11.7. The second-order valence-electron chi connectivity index (χ2n) is 5.76. The molecule has 0 radical (unpaired) electrons. The molecular formula is C12H20N4O2S. The number of nitrogens with zero attached hydrogens (tertiary/aromatic N) is 3. The zero-order chi connectivity index (χ0) is 13.5. The third kappa shape index (κ3) is 2.81. The van der Waals surface area contributed by atoms with E-state index in [4.69, 9.17) is 5.73 Å². The van der Waals surface area contributed by atoms with Gasteiger partial charge in [-0.25, -0.2) is 8.42 Å². The van der Waals surface area contributed by atoms with Crippen LogP contribution in [0.4, 0.5) is 0 Å². The van der Waals surface area contributed by atoms with Crippen LogP contribution >= 0.6 is 0 Å². The predicted octanol–water partition coefficient (Wildman–Crippen LogP) is -0.0811. The molecule has 0 spiro atoms. The number of hydrogen-bond acceptors (Lipinski definition) is 5. The number of hydrogen-bond donors (Lipinski definition) is 1. The molecule has 3 heterocycles. The number of fused-ring (bicyclic) bond motifs is 1. The highest BCUT2D eigenvalue weighted by Gasteiger charge is 2.28. The van der Waals surface area contributed by atoms with Gasteiger partial charge in [0.1, 0.15) is 11.6 Å². The van der Waals surface area contributed by atoms with Gasteiger partial charge in [-0.05, 0) is 25.2 Å². The van der Waals surface area contributed by atoms with Crippen LogP contribution in [0.3, 0.4) is 0 Å². The Morgan fingerprint density at radius 1 is 1.32 bits per heavy atom. The second kappa shape index (κ2) is 4.86. The van der Waals surface area contributed by atoms with Crippen LogP contribution in [0.15, 0.2) is 0 Å². The van der Waals surface area contributed by atoms with Crippen molar-refractivity contribution in [1.29, 1.82) is 0 Å². The van der Waals surface area contributed by atoms with Crippen LogP contribution < -0.4 is 5.73 Å². The van der Waals surface area contributed by atoms with Crippen LogP contribution in [0, 0.1) is 5.92 Å². The highest BCUT2D eigenvalue weighted by atomic mass is 32.2. The van der Waals surface area contributed by atoms with Gasteiger partial charge in [-0.1, -0.05) is 0 Å². The molecule has 7 heteroatoms. The Bertz CT molecular complexity index is 566. The summed E-state index contributed by atoms with van der Waals surface area (Å²) in [6.07, 6.45) is 4.19. The van der Waals surface area contributed by atoms with E-state index in [1.165, 1.54) is 0 Å². The zero-order valence-corrected chi connectivity index (χ0v) is 11.8. The van der Waals surface area contributed by atoms with E-state index in [2.05, 4.69) is 14.8 Å². The SMILES string of the molecule is NC1CCn2c(nnc2CC2CCCS(=O)(=O)C2)C1. The molecule has 1 saturated heterocycles. The molecule has 2 unspecified atom stereocenters. The minimum Gasteiger partial charge on any atom is -0.327 e. The molecule has 1 fully saturated rings. The molecule has 1 aromatic rings. The number of aromatic nitrogens is 3. The van der Waals surface area contributed by atoms with Crippen LogP contribution in [0.2, 0.25) is 0 Å². The van der Waals surface area contributed by atoms with Crippen molar-refractivity contribution in [3.05, 3.63) is 11.6 Å². The average Bonchev–Trinajstić information content (AvgIpc) is 2.70. The zero-order valence-electron chi connectivity index (χ0n) is 11.0. The van der Waals surface area contributed by atoms with Crippen molar-refractivity contribution >= 4 is 9.84 Å². The van der Waals surface area contributed by atoms with Crippen molar-refractivity contribution in [1.82, 2.24) is 14.8 Å². The molecule has 19 heavy (non-hydrogen) atoms. The smallest absolute Gasteiger partial charge is 0.150 e. The summed E-state index contributed by atoms with van der Waals surface area (Å²) in [6, 6.07) is 0.180. The molecule has 106 valence electrons. The molecule has 2 aliphatic rings. The van der Waals surface area contributed by atoms with Crippen molar-refractivity contribution in [2.45, 2.75) is 44.7 Å². The summed E-state index contributed by atoms with van der Waals surface area (Å²) in [5, 5.41) is 8.43. The van der Waals surface area contributed by atoms with Crippen LogP contribution in [-0.4, -0.2) is 40.7 Å². The fourth-order valence-corrected chi connectivity index (χ4v) is 4.88. The third-order valence-corrected chi connectivity index (χ3v) is 5.99. The summed E-state index contributed by atoms with van der Waals surface area (Å²) in [5.74, 6) is 2.73. The largest absolute Gasteiger partial charge is 0.327 e. The molecule has 0 amide bonds. The van der Waals surface area contributed by atoms with Crippen LogP contribution in [0.5, 0.6) is 0 Å². The van der Waals surface area contributed by atoms with Gasteiger partial charge in [0.25, 0.3) is 0 Å². The normalized spacial score (nSPS) is 29.9. The van der Waals surface area contributed by atoms with Crippen LogP contribution in [0.1, 0.15) is 30.9 Å². The Balaban J connectivity index is 1.74. The van der Waals surface area contributed by atoms with E-state index in [1.807, 2.05) is 0 Å². The summed E-state index contributed by atoms with van der Waals surface area (Å²) in [7, 11) is -2.84. The van der Waals surface area contributed by atoms with Gasteiger partial charge in [0.05, 0.1) is 11.5 Å². The first-order valence-electron chi connectivity index (χ1n) is 6.90. The Kier molecular flexibility index (Phi) is 3.34. The highest BCUT2D eigenvalue weighted by molar-refractivity contribution is 7.91. The number of sulfone groups is 1. The monoisotopic (exact) mass is 284 g/mol. The van der Waals surface area contributed by atoms with Crippen molar-refractivity contribution < 1.29 is 8.42 Å².